The molecule has 0 spiro atoms. The molecule has 0 N–H and O–H groups in total. The Bertz CT molecular complexity index is 333. The van der Waals surface area contributed by atoms with Crippen LogP contribution in [0.4, 0.5) is 4.39 Å². The number of hydrogen-bond donors (Lipinski definition) is 0. The highest BCUT2D eigenvalue weighted by molar-refractivity contribution is 7.88. The zero-order chi connectivity index (χ0) is 9.14. The van der Waals surface area contributed by atoms with E-state index in [9.17, 15) is 8.60 Å². The molecule has 0 aromatic heterocycles. The Kier molecular flexibility index (Phi) is 2.76. The third kappa shape index (κ3) is 1.80. The molecule has 1 aromatic carbocycles. The van der Waals surface area contributed by atoms with E-state index in [0.29, 0.717) is 10.5 Å². The van der Waals surface area contributed by atoms with E-state index >= 15 is 0 Å². The molecule has 0 saturated heterocycles. The van der Waals surface area contributed by atoms with Crippen LogP contribution >= 0.6 is 0 Å². The van der Waals surface area contributed by atoms with Crippen LogP contribution in [0.15, 0.2) is 35.1 Å². The molecule has 0 aliphatic heterocycles. The van der Waals surface area contributed by atoms with Crippen molar-refractivity contribution in [2.24, 2.45) is 0 Å². The van der Waals surface area contributed by atoms with E-state index in [1.807, 2.05) is 0 Å². The number of halogens is 1. The Hall–Kier alpha value is -0.960. The third-order valence-electron chi connectivity index (χ3n) is 1.51. The average Bonchev–Trinajstić information content (AvgIpc) is 2.08. The van der Waals surface area contributed by atoms with Gasteiger partial charge >= 0.3 is 0 Å². The molecule has 1 aromatic rings. The zero-order valence-corrected chi connectivity index (χ0v) is 7.53. The lowest BCUT2D eigenvalue weighted by Crippen LogP contribution is -1.89. The van der Waals surface area contributed by atoms with Crippen molar-refractivity contribution in [3.05, 3.63) is 41.6 Å². The monoisotopic (exact) mass is 184 g/mol. The summed E-state index contributed by atoms with van der Waals surface area (Å²) >= 11 is 0. The highest BCUT2D eigenvalue weighted by Crippen LogP contribution is 2.12. The average molecular weight is 184 g/mol. The molecule has 12 heavy (non-hydrogen) atoms. The molecule has 1 atom stereocenters. The van der Waals surface area contributed by atoms with Crippen LogP contribution < -0.4 is 0 Å². The van der Waals surface area contributed by atoms with Crippen molar-refractivity contribution >= 4 is 10.8 Å². The third-order valence-corrected chi connectivity index (χ3v) is 2.53. The number of rotatable bonds is 2. The fourth-order valence-electron chi connectivity index (χ4n) is 0.839. The molecule has 0 unspecified atom stereocenters. The summed E-state index contributed by atoms with van der Waals surface area (Å²) in [5.41, 5.74) is 0.503. The Balaban J connectivity index is 3.13. The fraction of sp³-hybridized carbons (Fsp3) is 0.111. The molecule has 1 rings (SSSR count). The van der Waals surface area contributed by atoms with E-state index in [4.69, 9.17) is 0 Å². The van der Waals surface area contributed by atoms with Crippen molar-refractivity contribution in [3.8, 4) is 0 Å². The van der Waals surface area contributed by atoms with E-state index in [-0.39, 0.29) is 5.82 Å². The maximum atomic E-state index is 12.7. The van der Waals surface area contributed by atoms with Gasteiger partial charge in [-0.15, -0.1) is 0 Å². The second kappa shape index (κ2) is 3.63. The van der Waals surface area contributed by atoms with Gasteiger partial charge in [0.1, 0.15) is 5.82 Å². The lowest BCUT2D eigenvalue weighted by Gasteiger charge is -1.99. The fourth-order valence-corrected chi connectivity index (χ4v) is 1.53. The van der Waals surface area contributed by atoms with Gasteiger partial charge in [-0.05, 0) is 30.7 Å². The second-order valence-electron chi connectivity index (χ2n) is 2.38. The minimum absolute atomic E-state index is 0.278. The molecule has 64 valence electrons. The molecule has 0 saturated carbocycles. The van der Waals surface area contributed by atoms with Crippen LogP contribution in [0.5, 0.6) is 0 Å². The summed E-state index contributed by atoms with van der Waals surface area (Å²) in [4.78, 5) is 0.587. The van der Waals surface area contributed by atoms with Gasteiger partial charge in [0.05, 0.1) is 10.8 Å². The molecule has 0 radical (unpaired) electrons. The summed E-state index contributed by atoms with van der Waals surface area (Å²) in [7, 11) is -1.21. The first-order chi connectivity index (χ1) is 5.65. The Morgan fingerprint density at radius 2 is 2.25 bits per heavy atom. The maximum Gasteiger partial charge on any atom is 0.126 e. The van der Waals surface area contributed by atoms with Gasteiger partial charge in [0.25, 0.3) is 0 Å². The quantitative estimate of drug-likeness (QED) is 0.689. The lowest BCUT2D eigenvalue weighted by atomic mass is 10.2. The first kappa shape index (κ1) is 9.13. The summed E-state index contributed by atoms with van der Waals surface area (Å²) in [6.45, 7) is 5.03. The zero-order valence-electron chi connectivity index (χ0n) is 6.71. The van der Waals surface area contributed by atoms with Crippen molar-refractivity contribution in [2.45, 2.75) is 11.8 Å². The molecule has 0 bridgehead atoms. The van der Waals surface area contributed by atoms with Crippen LogP contribution in [0.25, 0.3) is 0 Å². The number of aryl methyl sites for hydroxylation is 1. The van der Waals surface area contributed by atoms with Crippen molar-refractivity contribution in [3.63, 3.8) is 0 Å². The van der Waals surface area contributed by atoms with Crippen LogP contribution in [0.3, 0.4) is 0 Å². The van der Waals surface area contributed by atoms with E-state index in [1.54, 1.807) is 13.0 Å². The number of benzene rings is 1. The van der Waals surface area contributed by atoms with Crippen LogP contribution in [0, 0.1) is 12.7 Å². The number of hydrogen-bond acceptors (Lipinski definition) is 1. The Labute approximate surface area is 73.4 Å². The summed E-state index contributed by atoms with van der Waals surface area (Å²) in [6.07, 6.45) is 0. The van der Waals surface area contributed by atoms with Crippen molar-refractivity contribution < 1.29 is 8.60 Å². The molecule has 1 nitrogen and oxygen atoms in total. The van der Waals surface area contributed by atoms with Gasteiger partial charge in [0.15, 0.2) is 0 Å². The highest BCUT2D eigenvalue weighted by Gasteiger charge is 2.01. The minimum Gasteiger partial charge on any atom is -0.250 e. The van der Waals surface area contributed by atoms with E-state index in [2.05, 4.69) is 6.58 Å². The maximum absolute atomic E-state index is 12.7. The van der Waals surface area contributed by atoms with Crippen LogP contribution in [-0.2, 0) is 10.8 Å². The molecule has 0 amide bonds. The van der Waals surface area contributed by atoms with Gasteiger partial charge in [-0.2, -0.15) is 0 Å². The van der Waals surface area contributed by atoms with Crippen molar-refractivity contribution in [1.29, 1.82) is 0 Å². The van der Waals surface area contributed by atoms with Crippen molar-refractivity contribution in [1.82, 2.24) is 0 Å². The molecular formula is C9H9FOS. The normalized spacial score (nSPS) is 12.5. The first-order valence-corrected chi connectivity index (χ1v) is 4.65. The lowest BCUT2D eigenvalue weighted by molar-refractivity contribution is 0.616. The summed E-state index contributed by atoms with van der Waals surface area (Å²) < 4.78 is 23.9. The van der Waals surface area contributed by atoms with Crippen LogP contribution in [0.2, 0.25) is 0 Å². The van der Waals surface area contributed by atoms with E-state index in [1.165, 1.54) is 17.5 Å². The van der Waals surface area contributed by atoms with Gasteiger partial charge in [-0.25, -0.2) is 8.60 Å². The van der Waals surface area contributed by atoms with Gasteiger partial charge in [0, 0.05) is 10.3 Å². The molecule has 0 aliphatic carbocycles. The predicted octanol–water partition coefficient (Wildman–Crippen LogP) is 2.39. The second-order valence-corrected chi connectivity index (χ2v) is 3.77. The van der Waals surface area contributed by atoms with E-state index in [0.717, 1.165) is 0 Å². The molecule has 0 aliphatic rings. The minimum atomic E-state index is -1.21. The van der Waals surface area contributed by atoms with Crippen molar-refractivity contribution in [2.75, 3.05) is 0 Å². The van der Waals surface area contributed by atoms with Crippen LogP contribution in [0.1, 0.15) is 5.56 Å². The van der Waals surface area contributed by atoms with Gasteiger partial charge in [-0.1, -0.05) is 6.58 Å². The molecular weight excluding hydrogens is 175 g/mol. The van der Waals surface area contributed by atoms with Gasteiger partial charge < -0.3 is 0 Å². The Morgan fingerprint density at radius 1 is 1.58 bits per heavy atom. The SMILES string of the molecule is C=C[S@@](=O)c1ccc(F)c(C)c1. The Morgan fingerprint density at radius 3 is 2.75 bits per heavy atom. The van der Waals surface area contributed by atoms with Gasteiger partial charge in [0.2, 0.25) is 0 Å². The molecule has 0 heterocycles. The predicted molar refractivity (Wildman–Crippen MR) is 47.7 cm³/mol. The summed E-state index contributed by atoms with van der Waals surface area (Å²) in [5.74, 6) is -0.278. The smallest absolute Gasteiger partial charge is 0.126 e. The van der Waals surface area contributed by atoms with E-state index < -0.39 is 10.8 Å². The van der Waals surface area contributed by atoms with Gasteiger partial charge in [-0.3, -0.25) is 0 Å². The van der Waals surface area contributed by atoms with Crippen LogP contribution in [-0.4, -0.2) is 4.21 Å². The molecule has 0 fully saturated rings. The summed E-state index contributed by atoms with van der Waals surface area (Å²) in [6, 6.07) is 4.37. The molecule has 3 heteroatoms. The first-order valence-electron chi connectivity index (χ1n) is 3.44. The largest absolute Gasteiger partial charge is 0.250 e. The summed E-state index contributed by atoms with van der Waals surface area (Å²) in [5, 5.41) is 1.33. The topological polar surface area (TPSA) is 17.1 Å². The standard InChI is InChI=1S/C9H9FOS/c1-3-12(11)8-4-5-9(10)7(2)6-8/h3-6H,1H2,2H3/t12-/m1/s1. The highest BCUT2D eigenvalue weighted by atomic mass is 32.2.